The summed E-state index contributed by atoms with van der Waals surface area (Å²) in [6.07, 6.45) is 1.48. The van der Waals surface area contributed by atoms with Crippen LogP contribution in [0.5, 0.6) is 11.5 Å². The average molecular weight is 265 g/mol. The van der Waals surface area contributed by atoms with E-state index >= 15 is 0 Å². The Kier molecular flexibility index (Phi) is 4.66. The summed E-state index contributed by atoms with van der Waals surface area (Å²) in [6.45, 7) is 3.90. The number of piperidine rings is 1. The Morgan fingerprint density at radius 2 is 1.79 bits per heavy atom. The van der Waals surface area contributed by atoms with Gasteiger partial charge in [0.1, 0.15) is 11.5 Å². The van der Waals surface area contributed by atoms with Gasteiger partial charge < -0.3 is 19.9 Å². The minimum absolute atomic E-state index is 0.280. The van der Waals surface area contributed by atoms with Crippen molar-refractivity contribution in [1.29, 1.82) is 0 Å². The van der Waals surface area contributed by atoms with Crippen molar-refractivity contribution in [3.05, 3.63) is 23.3 Å². The molecule has 1 saturated heterocycles. The topological polar surface area (TPSA) is 50.7 Å². The summed E-state index contributed by atoms with van der Waals surface area (Å²) in [5.74, 6) is 1.82. The van der Waals surface area contributed by atoms with Crippen molar-refractivity contribution in [2.45, 2.75) is 25.9 Å². The lowest BCUT2D eigenvalue weighted by atomic mass is 9.87. The highest BCUT2D eigenvalue weighted by molar-refractivity contribution is 5.47. The third-order valence-electron chi connectivity index (χ3n) is 3.90. The van der Waals surface area contributed by atoms with Crippen molar-refractivity contribution >= 4 is 0 Å². The fourth-order valence-corrected chi connectivity index (χ4v) is 2.72. The molecule has 2 rings (SSSR count). The summed E-state index contributed by atoms with van der Waals surface area (Å²) >= 11 is 0. The lowest BCUT2D eigenvalue weighted by Crippen LogP contribution is -2.31. The van der Waals surface area contributed by atoms with Crippen molar-refractivity contribution in [3.8, 4) is 11.5 Å². The van der Waals surface area contributed by atoms with Gasteiger partial charge in [-0.3, -0.25) is 0 Å². The van der Waals surface area contributed by atoms with Crippen molar-refractivity contribution in [2.75, 3.05) is 27.3 Å². The highest BCUT2D eigenvalue weighted by Crippen LogP contribution is 2.37. The molecule has 1 fully saturated rings. The fourth-order valence-electron chi connectivity index (χ4n) is 2.72. The Hall–Kier alpha value is -1.26. The number of aryl methyl sites for hydroxylation is 1. The van der Waals surface area contributed by atoms with Crippen LogP contribution in [-0.2, 0) is 0 Å². The van der Waals surface area contributed by atoms with Crippen LogP contribution in [0.15, 0.2) is 12.1 Å². The molecule has 106 valence electrons. The van der Waals surface area contributed by atoms with E-state index in [0.29, 0.717) is 0 Å². The van der Waals surface area contributed by atoms with Gasteiger partial charge in [-0.2, -0.15) is 0 Å². The number of aliphatic hydroxyl groups excluding tert-OH is 1. The summed E-state index contributed by atoms with van der Waals surface area (Å²) in [4.78, 5) is 0. The third kappa shape index (κ3) is 3.01. The number of rotatable bonds is 4. The fraction of sp³-hybridized carbons (Fsp3) is 0.600. The molecule has 1 aliphatic heterocycles. The summed E-state index contributed by atoms with van der Waals surface area (Å²) in [7, 11) is 3.29. The molecule has 0 spiro atoms. The number of benzene rings is 1. The standard InChI is InChI=1S/C15H23NO3/c1-10-8-14(19-3)12(9-13(10)18-2)15(17)11-4-6-16-7-5-11/h8-9,11,15-17H,4-7H2,1-3H3. The van der Waals surface area contributed by atoms with Crippen LogP contribution < -0.4 is 14.8 Å². The molecule has 1 aliphatic rings. The van der Waals surface area contributed by atoms with Gasteiger partial charge in [-0.05, 0) is 56.5 Å². The monoisotopic (exact) mass is 265 g/mol. The van der Waals surface area contributed by atoms with Crippen LogP contribution in [-0.4, -0.2) is 32.4 Å². The molecule has 4 nitrogen and oxygen atoms in total. The maximum absolute atomic E-state index is 10.6. The molecule has 0 radical (unpaired) electrons. The van der Waals surface area contributed by atoms with E-state index in [9.17, 15) is 5.11 Å². The third-order valence-corrected chi connectivity index (χ3v) is 3.90. The van der Waals surface area contributed by atoms with Crippen LogP contribution in [0.1, 0.15) is 30.1 Å². The quantitative estimate of drug-likeness (QED) is 0.875. The zero-order valence-electron chi connectivity index (χ0n) is 11.9. The molecule has 1 aromatic rings. The number of hydrogen-bond donors (Lipinski definition) is 2. The predicted octanol–water partition coefficient (Wildman–Crippen LogP) is 2.05. The van der Waals surface area contributed by atoms with Crippen molar-refractivity contribution in [1.82, 2.24) is 5.32 Å². The molecule has 1 unspecified atom stereocenters. The smallest absolute Gasteiger partial charge is 0.125 e. The average Bonchev–Trinajstić information content (AvgIpc) is 2.47. The summed E-state index contributed by atoms with van der Waals surface area (Å²) in [6, 6.07) is 3.83. The lowest BCUT2D eigenvalue weighted by Gasteiger charge is -2.28. The van der Waals surface area contributed by atoms with Gasteiger partial charge in [-0.25, -0.2) is 0 Å². The molecule has 1 atom stereocenters. The van der Waals surface area contributed by atoms with Crippen LogP contribution in [0.2, 0.25) is 0 Å². The molecular weight excluding hydrogens is 242 g/mol. The molecule has 4 heteroatoms. The van der Waals surface area contributed by atoms with Crippen molar-refractivity contribution in [3.63, 3.8) is 0 Å². The zero-order valence-corrected chi connectivity index (χ0v) is 11.9. The van der Waals surface area contributed by atoms with Gasteiger partial charge in [0.15, 0.2) is 0 Å². The Morgan fingerprint density at radius 1 is 1.16 bits per heavy atom. The van der Waals surface area contributed by atoms with Gasteiger partial charge >= 0.3 is 0 Å². The molecule has 2 N–H and O–H groups in total. The molecule has 0 aliphatic carbocycles. The molecule has 0 bridgehead atoms. The van der Waals surface area contributed by atoms with E-state index in [1.807, 2.05) is 19.1 Å². The van der Waals surface area contributed by atoms with Gasteiger partial charge in [0.2, 0.25) is 0 Å². The molecule has 0 amide bonds. The van der Waals surface area contributed by atoms with E-state index in [1.54, 1.807) is 14.2 Å². The first-order valence-corrected chi connectivity index (χ1v) is 6.78. The first kappa shape index (κ1) is 14.2. The summed E-state index contributed by atoms with van der Waals surface area (Å²) < 4.78 is 10.8. The second kappa shape index (κ2) is 6.26. The number of aliphatic hydroxyl groups is 1. The lowest BCUT2D eigenvalue weighted by molar-refractivity contribution is 0.0862. The van der Waals surface area contributed by atoms with Gasteiger partial charge in [0, 0.05) is 5.56 Å². The van der Waals surface area contributed by atoms with Gasteiger partial charge in [-0.1, -0.05) is 0 Å². The van der Waals surface area contributed by atoms with E-state index in [0.717, 1.165) is 48.6 Å². The van der Waals surface area contributed by atoms with Gasteiger partial charge in [0.25, 0.3) is 0 Å². The number of hydrogen-bond acceptors (Lipinski definition) is 4. The van der Waals surface area contributed by atoms with Gasteiger partial charge in [0.05, 0.1) is 20.3 Å². The number of methoxy groups -OCH3 is 2. The first-order chi connectivity index (χ1) is 9.17. The zero-order chi connectivity index (χ0) is 13.8. The van der Waals surface area contributed by atoms with E-state index in [2.05, 4.69) is 5.32 Å². The maximum Gasteiger partial charge on any atom is 0.125 e. The predicted molar refractivity (Wildman–Crippen MR) is 74.8 cm³/mol. The molecule has 1 aromatic carbocycles. The van der Waals surface area contributed by atoms with E-state index in [-0.39, 0.29) is 5.92 Å². The second-order valence-corrected chi connectivity index (χ2v) is 5.10. The second-order valence-electron chi connectivity index (χ2n) is 5.10. The van der Waals surface area contributed by atoms with Crippen LogP contribution >= 0.6 is 0 Å². The molecule has 0 aromatic heterocycles. The van der Waals surface area contributed by atoms with Crippen LogP contribution in [0.3, 0.4) is 0 Å². The van der Waals surface area contributed by atoms with E-state index in [4.69, 9.17) is 9.47 Å². The summed E-state index contributed by atoms with van der Waals surface area (Å²) in [5, 5.41) is 13.9. The minimum Gasteiger partial charge on any atom is -0.496 e. The largest absolute Gasteiger partial charge is 0.496 e. The van der Waals surface area contributed by atoms with Crippen LogP contribution in [0.25, 0.3) is 0 Å². The summed E-state index contributed by atoms with van der Waals surface area (Å²) in [5.41, 5.74) is 1.84. The highest BCUT2D eigenvalue weighted by Gasteiger charge is 2.26. The molecular formula is C15H23NO3. The Labute approximate surface area is 114 Å². The molecule has 19 heavy (non-hydrogen) atoms. The number of ether oxygens (including phenoxy) is 2. The Bertz CT molecular complexity index is 428. The van der Waals surface area contributed by atoms with E-state index < -0.39 is 6.10 Å². The molecule has 0 saturated carbocycles. The molecule has 1 heterocycles. The number of nitrogens with one attached hydrogen (secondary N) is 1. The maximum atomic E-state index is 10.6. The highest BCUT2D eigenvalue weighted by atomic mass is 16.5. The van der Waals surface area contributed by atoms with Crippen molar-refractivity contribution < 1.29 is 14.6 Å². The Morgan fingerprint density at radius 3 is 2.37 bits per heavy atom. The Balaban J connectivity index is 2.30. The van der Waals surface area contributed by atoms with Crippen LogP contribution in [0.4, 0.5) is 0 Å². The minimum atomic E-state index is -0.494. The SMILES string of the molecule is COc1cc(C(O)C2CCNCC2)c(OC)cc1C. The van der Waals surface area contributed by atoms with Gasteiger partial charge in [-0.15, -0.1) is 0 Å². The normalized spacial score (nSPS) is 18.1. The first-order valence-electron chi connectivity index (χ1n) is 6.78. The van der Waals surface area contributed by atoms with E-state index in [1.165, 1.54) is 0 Å². The van der Waals surface area contributed by atoms with Crippen LogP contribution in [0, 0.1) is 12.8 Å². The van der Waals surface area contributed by atoms with Crippen molar-refractivity contribution in [2.24, 2.45) is 5.92 Å².